The number of benzene rings is 1. The van der Waals surface area contributed by atoms with Gasteiger partial charge in [-0.1, -0.05) is 31.2 Å². The Balaban J connectivity index is 1.76. The van der Waals surface area contributed by atoms with Crippen molar-refractivity contribution in [2.45, 2.75) is 44.4 Å². The first-order valence-electron chi connectivity index (χ1n) is 7.41. The lowest BCUT2D eigenvalue weighted by Gasteiger charge is -2.42. The maximum Gasteiger partial charge on any atom is 0.0947 e. The lowest BCUT2D eigenvalue weighted by atomic mass is 9.85. The van der Waals surface area contributed by atoms with Crippen LogP contribution in [0.1, 0.15) is 37.0 Å². The second-order valence-electron chi connectivity index (χ2n) is 5.65. The first kappa shape index (κ1) is 13.1. The molecule has 1 saturated heterocycles. The van der Waals surface area contributed by atoms with Crippen LogP contribution in [-0.2, 0) is 11.2 Å². The fraction of sp³-hybridized carbons (Fsp3) is 0.625. The molecule has 1 N–H and O–H groups in total. The SMILES string of the molecule is CCC1CN(C2CCc3ccccc3C2O)CCO1. The van der Waals surface area contributed by atoms with Crippen molar-refractivity contribution in [2.24, 2.45) is 0 Å². The summed E-state index contributed by atoms with van der Waals surface area (Å²) in [4.78, 5) is 2.43. The molecule has 1 aromatic carbocycles. The molecular formula is C16H23NO2. The van der Waals surface area contributed by atoms with E-state index in [0.717, 1.165) is 44.5 Å². The number of nitrogens with zero attached hydrogens (tertiary/aromatic N) is 1. The van der Waals surface area contributed by atoms with Crippen molar-refractivity contribution < 1.29 is 9.84 Å². The largest absolute Gasteiger partial charge is 0.387 e. The van der Waals surface area contributed by atoms with Crippen LogP contribution < -0.4 is 0 Å². The summed E-state index contributed by atoms with van der Waals surface area (Å²) in [6.45, 7) is 4.87. The van der Waals surface area contributed by atoms with E-state index < -0.39 is 0 Å². The van der Waals surface area contributed by atoms with Gasteiger partial charge in [0.05, 0.1) is 18.8 Å². The number of aliphatic hydroxyl groups excluding tert-OH is 1. The van der Waals surface area contributed by atoms with Gasteiger partial charge in [0.25, 0.3) is 0 Å². The van der Waals surface area contributed by atoms with Gasteiger partial charge >= 0.3 is 0 Å². The monoisotopic (exact) mass is 261 g/mol. The lowest BCUT2D eigenvalue weighted by molar-refractivity contribution is -0.0699. The van der Waals surface area contributed by atoms with Gasteiger partial charge in [-0.05, 0) is 30.4 Å². The number of ether oxygens (including phenoxy) is 1. The molecule has 2 aliphatic rings. The van der Waals surface area contributed by atoms with Crippen LogP contribution in [-0.4, -0.2) is 41.8 Å². The molecule has 104 valence electrons. The van der Waals surface area contributed by atoms with E-state index in [9.17, 15) is 5.11 Å². The number of morpholine rings is 1. The number of aryl methyl sites for hydroxylation is 1. The molecule has 1 aromatic rings. The highest BCUT2D eigenvalue weighted by molar-refractivity contribution is 5.32. The topological polar surface area (TPSA) is 32.7 Å². The van der Waals surface area contributed by atoms with Crippen LogP contribution in [0.3, 0.4) is 0 Å². The van der Waals surface area contributed by atoms with Gasteiger partial charge in [-0.15, -0.1) is 0 Å². The molecule has 0 saturated carbocycles. The molecule has 19 heavy (non-hydrogen) atoms. The molecule has 3 rings (SSSR count). The van der Waals surface area contributed by atoms with Crippen molar-refractivity contribution in [3.8, 4) is 0 Å². The van der Waals surface area contributed by atoms with Crippen molar-refractivity contribution in [3.05, 3.63) is 35.4 Å². The van der Waals surface area contributed by atoms with Gasteiger partial charge < -0.3 is 9.84 Å². The Hall–Kier alpha value is -0.900. The smallest absolute Gasteiger partial charge is 0.0947 e. The van der Waals surface area contributed by atoms with Crippen LogP contribution in [0, 0.1) is 0 Å². The molecule has 1 aliphatic heterocycles. The Morgan fingerprint density at radius 3 is 3.05 bits per heavy atom. The lowest BCUT2D eigenvalue weighted by Crippen LogP contribution is -2.50. The first-order valence-corrected chi connectivity index (χ1v) is 7.41. The summed E-state index contributed by atoms with van der Waals surface area (Å²) in [7, 11) is 0. The van der Waals surface area contributed by atoms with Gasteiger partial charge in [0.15, 0.2) is 0 Å². The van der Waals surface area contributed by atoms with Crippen molar-refractivity contribution in [2.75, 3.05) is 19.7 Å². The normalized spacial score (nSPS) is 32.0. The molecule has 3 heteroatoms. The number of aliphatic hydroxyl groups is 1. The predicted molar refractivity (Wildman–Crippen MR) is 75.1 cm³/mol. The van der Waals surface area contributed by atoms with Crippen molar-refractivity contribution in [1.82, 2.24) is 4.90 Å². The standard InChI is InChI=1S/C16H23NO2/c1-2-13-11-17(9-10-19-13)15-8-7-12-5-3-4-6-14(12)16(15)18/h3-6,13,15-16,18H,2,7-11H2,1H3. The molecule has 3 atom stereocenters. The zero-order valence-corrected chi connectivity index (χ0v) is 11.6. The van der Waals surface area contributed by atoms with Gasteiger partial charge in [0, 0.05) is 19.1 Å². The minimum atomic E-state index is -0.347. The van der Waals surface area contributed by atoms with Crippen LogP contribution in [0.2, 0.25) is 0 Å². The second kappa shape index (κ2) is 5.61. The van der Waals surface area contributed by atoms with E-state index in [1.54, 1.807) is 0 Å². The van der Waals surface area contributed by atoms with Crippen molar-refractivity contribution >= 4 is 0 Å². The number of hydrogen-bond acceptors (Lipinski definition) is 3. The van der Waals surface area contributed by atoms with Crippen LogP contribution in [0.15, 0.2) is 24.3 Å². The molecule has 1 heterocycles. The zero-order chi connectivity index (χ0) is 13.2. The van der Waals surface area contributed by atoms with Crippen LogP contribution in [0.5, 0.6) is 0 Å². The highest BCUT2D eigenvalue weighted by atomic mass is 16.5. The molecule has 0 bridgehead atoms. The Labute approximate surface area is 115 Å². The van der Waals surface area contributed by atoms with E-state index in [2.05, 4.69) is 30.0 Å². The maximum atomic E-state index is 10.6. The fourth-order valence-electron chi connectivity index (χ4n) is 3.39. The van der Waals surface area contributed by atoms with E-state index in [-0.39, 0.29) is 12.1 Å². The molecule has 3 unspecified atom stereocenters. The summed E-state index contributed by atoms with van der Waals surface area (Å²) < 4.78 is 5.73. The summed E-state index contributed by atoms with van der Waals surface area (Å²) in [6.07, 6.45) is 3.16. The minimum Gasteiger partial charge on any atom is -0.387 e. The van der Waals surface area contributed by atoms with E-state index in [1.807, 2.05) is 6.07 Å². The average molecular weight is 261 g/mol. The van der Waals surface area contributed by atoms with Crippen molar-refractivity contribution in [3.63, 3.8) is 0 Å². The fourth-order valence-corrected chi connectivity index (χ4v) is 3.39. The Kier molecular flexibility index (Phi) is 3.87. The van der Waals surface area contributed by atoms with Gasteiger partial charge in [-0.2, -0.15) is 0 Å². The number of fused-ring (bicyclic) bond motifs is 1. The van der Waals surface area contributed by atoms with E-state index in [1.165, 1.54) is 5.56 Å². The number of rotatable bonds is 2. The number of hydrogen-bond donors (Lipinski definition) is 1. The highest BCUT2D eigenvalue weighted by Gasteiger charge is 2.34. The first-order chi connectivity index (χ1) is 9.29. The Morgan fingerprint density at radius 1 is 1.37 bits per heavy atom. The molecular weight excluding hydrogens is 238 g/mol. The van der Waals surface area contributed by atoms with Gasteiger partial charge in [-0.25, -0.2) is 0 Å². The molecule has 0 amide bonds. The van der Waals surface area contributed by atoms with E-state index in [4.69, 9.17) is 4.74 Å². The van der Waals surface area contributed by atoms with Gasteiger partial charge in [-0.3, -0.25) is 4.90 Å². The quantitative estimate of drug-likeness (QED) is 0.885. The summed E-state index contributed by atoms with van der Waals surface area (Å²) in [6, 6.07) is 8.56. The third kappa shape index (κ3) is 2.55. The Morgan fingerprint density at radius 2 is 2.21 bits per heavy atom. The van der Waals surface area contributed by atoms with E-state index in [0.29, 0.717) is 6.10 Å². The molecule has 3 nitrogen and oxygen atoms in total. The molecule has 0 radical (unpaired) electrons. The highest BCUT2D eigenvalue weighted by Crippen LogP contribution is 2.33. The molecule has 0 spiro atoms. The van der Waals surface area contributed by atoms with Crippen LogP contribution in [0.4, 0.5) is 0 Å². The van der Waals surface area contributed by atoms with E-state index >= 15 is 0 Å². The average Bonchev–Trinajstić information content (AvgIpc) is 2.48. The summed E-state index contributed by atoms with van der Waals surface area (Å²) in [5.41, 5.74) is 2.44. The third-order valence-electron chi connectivity index (χ3n) is 4.54. The summed E-state index contributed by atoms with van der Waals surface area (Å²) in [5.74, 6) is 0. The van der Waals surface area contributed by atoms with Crippen LogP contribution >= 0.6 is 0 Å². The van der Waals surface area contributed by atoms with Crippen LogP contribution in [0.25, 0.3) is 0 Å². The second-order valence-corrected chi connectivity index (χ2v) is 5.65. The Bertz CT molecular complexity index is 435. The zero-order valence-electron chi connectivity index (χ0n) is 11.6. The third-order valence-corrected chi connectivity index (χ3v) is 4.54. The van der Waals surface area contributed by atoms with Crippen molar-refractivity contribution in [1.29, 1.82) is 0 Å². The molecule has 1 aliphatic carbocycles. The molecule has 0 aromatic heterocycles. The summed E-state index contributed by atoms with van der Waals surface area (Å²) >= 11 is 0. The van der Waals surface area contributed by atoms with Gasteiger partial charge in [0.1, 0.15) is 0 Å². The predicted octanol–water partition coefficient (Wildman–Crippen LogP) is 2.15. The minimum absolute atomic E-state index is 0.257. The summed E-state index contributed by atoms with van der Waals surface area (Å²) in [5, 5.41) is 10.6. The molecule has 1 fully saturated rings. The van der Waals surface area contributed by atoms with Gasteiger partial charge in [0.2, 0.25) is 0 Å². The maximum absolute atomic E-state index is 10.6.